The van der Waals surface area contributed by atoms with Gasteiger partial charge in [-0.15, -0.1) is 0 Å². The summed E-state index contributed by atoms with van der Waals surface area (Å²) in [6.07, 6.45) is 3.98. The summed E-state index contributed by atoms with van der Waals surface area (Å²) < 4.78 is 27.1. The van der Waals surface area contributed by atoms with Gasteiger partial charge in [-0.05, 0) is 66.3 Å². The van der Waals surface area contributed by atoms with Gasteiger partial charge < -0.3 is 0 Å². The minimum atomic E-state index is -0.805. The molecule has 5 rings (SSSR count). The van der Waals surface area contributed by atoms with E-state index in [0.717, 1.165) is 35.8 Å². The molecule has 11 heteroatoms. The van der Waals surface area contributed by atoms with Crippen LogP contribution in [0.4, 0.5) is 20.2 Å². The lowest BCUT2D eigenvalue weighted by Crippen LogP contribution is -2.32. The Morgan fingerprint density at radius 2 is 1.50 bits per heavy atom. The second kappa shape index (κ2) is 9.92. The van der Waals surface area contributed by atoms with Crippen molar-refractivity contribution in [1.29, 1.82) is 0 Å². The van der Waals surface area contributed by atoms with Crippen LogP contribution in [-0.4, -0.2) is 26.5 Å². The van der Waals surface area contributed by atoms with Crippen molar-refractivity contribution in [1.82, 2.24) is 5.01 Å². The predicted molar refractivity (Wildman–Crippen MR) is 134 cm³/mol. The van der Waals surface area contributed by atoms with E-state index in [9.17, 15) is 33.8 Å². The molecule has 2 atom stereocenters. The number of nitro groups is 2. The van der Waals surface area contributed by atoms with Crippen LogP contribution >= 0.6 is 0 Å². The molecule has 1 amide bonds. The van der Waals surface area contributed by atoms with Crippen LogP contribution < -0.4 is 0 Å². The van der Waals surface area contributed by atoms with E-state index in [0.29, 0.717) is 24.1 Å². The molecule has 1 aliphatic carbocycles. The van der Waals surface area contributed by atoms with Crippen LogP contribution in [0.3, 0.4) is 0 Å². The number of rotatable bonds is 5. The highest BCUT2D eigenvalue weighted by atomic mass is 19.1. The number of hydrogen-bond acceptors (Lipinski definition) is 6. The number of amides is 1. The molecular formula is C27H20F2N4O5. The maximum absolute atomic E-state index is 13.7. The van der Waals surface area contributed by atoms with Crippen molar-refractivity contribution in [2.75, 3.05) is 0 Å². The van der Waals surface area contributed by atoms with Crippen molar-refractivity contribution >= 4 is 29.1 Å². The first-order chi connectivity index (χ1) is 18.2. The number of hydrazone groups is 1. The van der Waals surface area contributed by atoms with Crippen LogP contribution in [-0.2, 0) is 0 Å². The summed E-state index contributed by atoms with van der Waals surface area (Å²) >= 11 is 0. The van der Waals surface area contributed by atoms with Crippen LogP contribution in [0, 0.1) is 37.8 Å². The summed E-state index contributed by atoms with van der Waals surface area (Å²) in [6.45, 7) is 0. The maximum Gasteiger partial charge on any atom is 0.277 e. The van der Waals surface area contributed by atoms with Gasteiger partial charge in [-0.25, -0.2) is 13.8 Å². The monoisotopic (exact) mass is 518 g/mol. The number of allylic oxidation sites excluding steroid dienone is 1. The number of non-ortho nitro benzene ring substituents is 2. The molecule has 192 valence electrons. The lowest BCUT2D eigenvalue weighted by Gasteiger charge is -2.29. The van der Waals surface area contributed by atoms with E-state index in [1.807, 2.05) is 6.08 Å². The minimum absolute atomic E-state index is 0.259. The van der Waals surface area contributed by atoms with E-state index in [4.69, 9.17) is 0 Å². The Morgan fingerprint density at radius 3 is 2.08 bits per heavy atom. The van der Waals surface area contributed by atoms with Gasteiger partial charge in [0, 0.05) is 18.1 Å². The highest BCUT2D eigenvalue weighted by Crippen LogP contribution is 2.45. The quantitative estimate of drug-likeness (QED) is 0.293. The second-order valence-electron chi connectivity index (χ2n) is 9.10. The first-order valence-electron chi connectivity index (χ1n) is 11.8. The molecule has 1 heterocycles. The molecule has 1 saturated carbocycles. The molecule has 0 bridgehead atoms. The Morgan fingerprint density at radius 1 is 0.921 bits per heavy atom. The Labute approximate surface area is 215 Å². The number of carbonyl (C=O) groups excluding carboxylic acids is 1. The molecule has 0 aromatic heterocycles. The molecule has 0 radical (unpaired) electrons. The van der Waals surface area contributed by atoms with E-state index in [1.54, 1.807) is 24.3 Å². The normalized spacial score (nSPS) is 19.7. The third kappa shape index (κ3) is 4.77. The summed E-state index contributed by atoms with van der Waals surface area (Å²) in [4.78, 5) is 34.9. The van der Waals surface area contributed by atoms with E-state index in [1.165, 1.54) is 29.3 Å². The molecule has 0 N–H and O–H groups in total. The number of fused-ring (bicyclic) bond motifs is 1. The van der Waals surface area contributed by atoms with E-state index in [-0.39, 0.29) is 17.3 Å². The standard InChI is InChI=1S/C27H20F2N4O5/c28-20-8-4-16(5-9-20)12-18-2-1-3-24-25(18)30-31(26(24)17-6-10-21(29)11-7-17)27(34)19-13-22(32(35)36)15-23(14-19)33(37)38/h4-15,24,26H,1-3H2. The smallest absolute Gasteiger partial charge is 0.267 e. The molecule has 0 spiro atoms. The number of halogens is 2. The first kappa shape index (κ1) is 24.9. The number of benzene rings is 3. The van der Waals surface area contributed by atoms with Gasteiger partial charge in [0.25, 0.3) is 17.3 Å². The zero-order chi connectivity index (χ0) is 27.0. The fourth-order valence-electron chi connectivity index (χ4n) is 4.98. The fourth-order valence-corrected chi connectivity index (χ4v) is 4.98. The van der Waals surface area contributed by atoms with E-state index in [2.05, 4.69) is 5.10 Å². The molecule has 2 aliphatic rings. The highest BCUT2D eigenvalue weighted by Gasteiger charge is 2.44. The van der Waals surface area contributed by atoms with Crippen molar-refractivity contribution in [3.63, 3.8) is 0 Å². The average molecular weight is 518 g/mol. The number of nitro benzene ring substituents is 2. The molecular weight excluding hydrogens is 498 g/mol. The molecule has 3 aromatic carbocycles. The Balaban J connectivity index is 1.61. The average Bonchev–Trinajstić information content (AvgIpc) is 3.30. The molecule has 1 aliphatic heterocycles. The van der Waals surface area contributed by atoms with E-state index >= 15 is 0 Å². The molecule has 0 saturated heterocycles. The number of hydrogen-bond donors (Lipinski definition) is 0. The van der Waals surface area contributed by atoms with E-state index < -0.39 is 39.0 Å². The van der Waals surface area contributed by atoms with Crippen molar-refractivity contribution in [2.24, 2.45) is 11.0 Å². The highest BCUT2D eigenvalue weighted by molar-refractivity contribution is 6.09. The van der Waals surface area contributed by atoms with Crippen LogP contribution in [0.5, 0.6) is 0 Å². The third-order valence-corrected chi connectivity index (χ3v) is 6.70. The fraction of sp³-hybridized carbons (Fsp3) is 0.185. The van der Waals surface area contributed by atoms with Gasteiger partial charge in [-0.3, -0.25) is 25.0 Å². The van der Waals surface area contributed by atoms with Crippen LogP contribution in [0.15, 0.2) is 77.4 Å². The van der Waals surface area contributed by atoms with Gasteiger partial charge in [0.15, 0.2) is 0 Å². The van der Waals surface area contributed by atoms with Crippen LogP contribution in [0.2, 0.25) is 0 Å². The molecule has 2 unspecified atom stereocenters. The maximum atomic E-state index is 13.7. The van der Waals surface area contributed by atoms with Gasteiger partial charge in [0.05, 0.1) is 33.2 Å². The molecule has 38 heavy (non-hydrogen) atoms. The predicted octanol–water partition coefficient (Wildman–Crippen LogP) is 6.22. The minimum Gasteiger partial charge on any atom is -0.267 e. The van der Waals surface area contributed by atoms with Gasteiger partial charge in [-0.2, -0.15) is 5.10 Å². The van der Waals surface area contributed by atoms with Gasteiger partial charge >= 0.3 is 0 Å². The lowest BCUT2D eigenvalue weighted by molar-refractivity contribution is -0.394. The van der Waals surface area contributed by atoms with Crippen molar-refractivity contribution < 1.29 is 23.4 Å². The number of nitrogens with zero attached hydrogens (tertiary/aromatic N) is 4. The second-order valence-corrected chi connectivity index (χ2v) is 9.10. The Kier molecular flexibility index (Phi) is 6.50. The largest absolute Gasteiger partial charge is 0.277 e. The first-order valence-corrected chi connectivity index (χ1v) is 11.8. The van der Waals surface area contributed by atoms with Gasteiger partial charge in [0.1, 0.15) is 11.6 Å². The molecule has 3 aromatic rings. The molecule has 1 fully saturated rings. The van der Waals surface area contributed by atoms with Gasteiger partial charge in [0.2, 0.25) is 0 Å². The topological polar surface area (TPSA) is 119 Å². The zero-order valence-corrected chi connectivity index (χ0v) is 19.8. The van der Waals surface area contributed by atoms with Crippen molar-refractivity contribution in [3.8, 4) is 0 Å². The summed E-state index contributed by atoms with van der Waals surface area (Å²) in [5, 5.41) is 28.6. The Bertz CT molecular complexity index is 1470. The summed E-state index contributed by atoms with van der Waals surface area (Å²) in [5.74, 6) is -1.85. The summed E-state index contributed by atoms with van der Waals surface area (Å²) in [7, 11) is 0. The summed E-state index contributed by atoms with van der Waals surface area (Å²) in [5.41, 5.74) is 1.38. The number of carbonyl (C=O) groups is 1. The van der Waals surface area contributed by atoms with Crippen LogP contribution in [0.25, 0.3) is 6.08 Å². The third-order valence-electron chi connectivity index (χ3n) is 6.70. The lowest BCUT2D eigenvalue weighted by atomic mass is 9.77. The van der Waals surface area contributed by atoms with Crippen LogP contribution in [0.1, 0.15) is 46.8 Å². The Hall–Kier alpha value is -4.80. The van der Waals surface area contributed by atoms with Crippen molar-refractivity contribution in [3.05, 3.63) is 121 Å². The van der Waals surface area contributed by atoms with Crippen molar-refractivity contribution in [2.45, 2.75) is 25.3 Å². The SMILES string of the molecule is O=C(c1cc([N+](=O)[O-])cc([N+](=O)[O-])c1)N1N=C2C(=Cc3ccc(F)cc3)CCCC2C1c1ccc(F)cc1. The summed E-state index contributed by atoms with van der Waals surface area (Å²) in [6, 6.07) is 13.7. The zero-order valence-electron chi connectivity index (χ0n) is 19.8. The molecule has 9 nitrogen and oxygen atoms in total. The van der Waals surface area contributed by atoms with Gasteiger partial charge in [-0.1, -0.05) is 24.3 Å².